The zero-order valence-electron chi connectivity index (χ0n) is 10.4. The van der Waals surface area contributed by atoms with Crippen molar-refractivity contribution in [2.45, 2.75) is 32.2 Å². The lowest BCUT2D eigenvalue weighted by atomic mass is 9.96. The van der Waals surface area contributed by atoms with Gasteiger partial charge in [0.25, 0.3) is 0 Å². The summed E-state index contributed by atoms with van der Waals surface area (Å²) in [5.41, 5.74) is 1.65. The molecule has 0 amide bonds. The van der Waals surface area contributed by atoms with E-state index in [0.29, 0.717) is 11.5 Å². The Morgan fingerprint density at radius 2 is 2.18 bits per heavy atom. The highest BCUT2D eigenvalue weighted by molar-refractivity contribution is 7.18. The first-order valence-electron chi connectivity index (χ1n) is 6.23. The average molecular weight is 246 g/mol. The van der Waals surface area contributed by atoms with Crippen LogP contribution in [0.3, 0.4) is 0 Å². The van der Waals surface area contributed by atoms with E-state index in [9.17, 15) is 0 Å². The van der Waals surface area contributed by atoms with E-state index in [-0.39, 0.29) is 0 Å². The number of para-hydroxylation sites is 1. The predicted octanol–water partition coefficient (Wildman–Crippen LogP) is 3.23. The molecule has 1 N–H and O–H groups in total. The van der Waals surface area contributed by atoms with Crippen molar-refractivity contribution in [2.75, 3.05) is 7.05 Å². The van der Waals surface area contributed by atoms with E-state index in [1.165, 1.54) is 22.5 Å². The van der Waals surface area contributed by atoms with Gasteiger partial charge in [0.1, 0.15) is 0 Å². The molecule has 1 aliphatic rings. The van der Waals surface area contributed by atoms with Gasteiger partial charge in [0.05, 0.1) is 15.2 Å². The minimum absolute atomic E-state index is 0.507. The Morgan fingerprint density at radius 1 is 1.41 bits per heavy atom. The Hall–Kier alpha value is -0.930. The van der Waals surface area contributed by atoms with Gasteiger partial charge < -0.3 is 5.32 Å². The standard InChI is InChI=1S/C14H18N2S/c1-14(7-8-14)12(15-2)9-13-16-10-5-3-4-6-11(10)17-13/h3-6,12,15H,7-9H2,1-2H3. The van der Waals surface area contributed by atoms with Gasteiger partial charge in [0.15, 0.2) is 0 Å². The summed E-state index contributed by atoms with van der Waals surface area (Å²) in [5, 5.41) is 4.73. The van der Waals surface area contributed by atoms with Crippen LogP contribution in [0.25, 0.3) is 10.2 Å². The van der Waals surface area contributed by atoms with Crippen LogP contribution in [0, 0.1) is 5.41 Å². The largest absolute Gasteiger partial charge is 0.316 e. The molecule has 1 heterocycles. The molecule has 1 aromatic heterocycles. The predicted molar refractivity (Wildman–Crippen MR) is 73.5 cm³/mol. The number of nitrogens with one attached hydrogen (secondary N) is 1. The van der Waals surface area contributed by atoms with Gasteiger partial charge in [-0.1, -0.05) is 19.1 Å². The van der Waals surface area contributed by atoms with Crippen LogP contribution in [0.1, 0.15) is 24.8 Å². The molecule has 0 aliphatic heterocycles. The lowest BCUT2D eigenvalue weighted by Gasteiger charge is -2.21. The second kappa shape index (κ2) is 4.07. The fourth-order valence-electron chi connectivity index (χ4n) is 2.42. The van der Waals surface area contributed by atoms with Crippen molar-refractivity contribution in [3.05, 3.63) is 29.3 Å². The zero-order chi connectivity index (χ0) is 11.9. The Kier molecular flexibility index (Phi) is 2.68. The van der Waals surface area contributed by atoms with Crippen LogP contribution in [0.4, 0.5) is 0 Å². The summed E-state index contributed by atoms with van der Waals surface area (Å²) in [6, 6.07) is 8.97. The summed E-state index contributed by atoms with van der Waals surface area (Å²) in [4.78, 5) is 4.72. The number of fused-ring (bicyclic) bond motifs is 1. The second-order valence-corrected chi connectivity index (χ2v) is 6.39. The molecule has 1 atom stereocenters. The lowest BCUT2D eigenvalue weighted by Crippen LogP contribution is -2.35. The van der Waals surface area contributed by atoms with Gasteiger partial charge in [-0.05, 0) is 37.4 Å². The number of nitrogens with zero attached hydrogens (tertiary/aromatic N) is 1. The second-order valence-electron chi connectivity index (χ2n) is 5.27. The summed E-state index contributed by atoms with van der Waals surface area (Å²) < 4.78 is 1.30. The summed E-state index contributed by atoms with van der Waals surface area (Å²) in [6.45, 7) is 2.38. The Bertz CT molecular complexity index is 495. The molecule has 2 aromatic rings. The van der Waals surface area contributed by atoms with Crippen LogP contribution in [0.5, 0.6) is 0 Å². The number of likely N-dealkylation sites (N-methyl/N-ethyl adjacent to an activating group) is 1. The van der Waals surface area contributed by atoms with Crippen molar-refractivity contribution >= 4 is 21.6 Å². The molecule has 0 spiro atoms. The summed E-state index contributed by atoms with van der Waals surface area (Å²) in [6.07, 6.45) is 3.76. The van der Waals surface area contributed by atoms with Gasteiger partial charge in [-0.3, -0.25) is 0 Å². The maximum absolute atomic E-state index is 4.72. The molecule has 90 valence electrons. The van der Waals surface area contributed by atoms with E-state index < -0.39 is 0 Å². The monoisotopic (exact) mass is 246 g/mol. The Labute approximate surface area is 106 Å². The highest BCUT2D eigenvalue weighted by atomic mass is 32.1. The molecule has 0 bridgehead atoms. The third-order valence-corrected chi connectivity index (χ3v) is 5.00. The van der Waals surface area contributed by atoms with Crippen LogP contribution in [0.2, 0.25) is 0 Å². The smallest absolute Gasteiger partial charge is 0.0954 e. The summed E-state index contributed by atoms with van der Waals surface area (Å²) >= 11 is 1.83. The maximum Gasteiger partial charge on any atom is 0.0954 e. The highest BCUT2D eigenvalue weighted by Gasteiger charge is 2.44. The van der Waals surface area contributed by atoms with E-state index in [1.807, 2.05) is 11.3 Å². The fourth-order valence-corrected chi connectivity index (χ4v) is 3.44. The SMILES string of the molecule is CNC(Cc1nc2ccccc2s1)C1(C)CC1. The minimum Gasteiger partial charge on any atom is -0.316 e. The number of hydrogen-bond donors (Lipinski definition) is 1. The molecule has 1 unspecified atom stereocenters. The maximum atomic E-state index is 4.72. The van der Waals surface area contributed by atoms with Gasteiger partial charge in [0, 0.05) is 12.5 Å². The van der Waals surface area contributed by atoms with Gasteiger partial charge in [0.2, 0.25) is 0 Å². The topological polar surface area (TPSA) is 24.9 Å². The molecule has 17 heavy (non-hydrogen) atoms. The molecule has 0 saturated heterocycles. The van der Waals surface area contributed by atoms with Gasteiger partial charge >= 0.3 is 0 Å². The molecular formula is C14H18N2S. The zero-order valence-corrected chi connectivity index (χ0v) is 11.2. The number of benzene rings is 1. The fraction of sp³-hybridized carbons (Fsp3) is 0.500. The quantitative estimate of drug-likeness (QED) is 0.896. The first kappa shape index (κ1) is 11.2. The number of thiazole rings is 1. The minimum atomic E-state index is 0.507. The molecule has 1 aromatic carbocycles. The first-order valence-corrected chi connectivity index (χ1v) is 7.05. The van der Waals surface area contributed by atoms with E-state index in [1.54, 1.807) is 0 Å². The first-order chi connectivity index (χ1) is 8.21. The Morgan fingerprint density at radius 3 is 2.82 bits per heavy atom. The number of hydrogen-bond acceptors (Lipinski definition) is 3. The van der Waals surface area contributed by atoms with Crippen molar-refractivity contribution in [1.29, 1.82) is 0 Å². The molecule has 3 rings (SSSR count). The summed E-state index contributed by atoms with van der Waals surface area (Å²) in [7, 11) is 2.07. The normalized spacial score (nSPS) is 19.4. The van der Waals surface area contributed by atoms with E-state index >= 15 is 0 Å². The molecule has 1 aliphatic carbocycles. The molecule has 1 fully saturated rings. The highest BCUT2D eigenvalue weighted by Crippen LogP contribution is 2.49. The van der Waals surface area contributed by atoms with E-state index in [2.05, 4.69) is 43.6 Å². The van der Waals surface area contributed by atoms with Crippen LogP contribution in [-0.4, -0.2) is 18.1 Å². The van der Waals surface area contributed by atoms with Gasteiger partial charge in [-0.15, -0.1) is 11.3 Å². The van der Waals surface area contributed by atoms with Crippen LogP contribution in [0.15, 0.2) is 24.3 Å². The molecule has 0 radical (unpaired) electrons. The van der Waals surface area contributed by atoms with Crippen molar-refractivity contribution in [3.63, 3.8) is 0 Å². The lowest BCUT2D eigenvalue weighted by molar-refractivity contribution is 0.376. The van der Waals surface area contributed by atoms with Crippen molar-refractivity contribution in [2.24, 2.45) is 5.41 Å². The number of rotatable bonds is 4. The third-order valence-electron chi connectivity index (χ3n) is 3.95. The van der Waals surface area contributed by atoms with Crippen molar-refractivity contribution < 1.29 is 0 Å². The van der Waals surface area contributed by atoms with Crippen LogP contribution < -0.4 is 5.32 Å². The molecule has 2 nitrogen and oxygen atoms in total. The van der Waals surface area contributed by atoms with E-state index in [0.717, 1.165) is 11.9 Å². The molecule has 3 heteroatoms. The van der Waals surface area contributed by atoms with E-state index in [4.69, 9.17) is 4.98 Å². The summed E-state index contributed by atoms with van der Waals surface area (Å²) in [5.74, 6) is 0. The molecule has 1 saturated carbocycles. The third kappa shape index (κ3) is 2.09. The number of aromatic nitrogens is 1. The van der Waals surface area contributed by atoms with Gasteiger partial charge in [-0.25, -0.2) is 4.98 Å². The molecular weight excluding hydrogens is 228 g/mol. The Balaban J connectivity index is 1.84. The van der Waals surface area contributed by atoms with Crippen molar-refractivity contribution in [3.8, 4) is 0 Å². The van der Waals surface area contributed by atoms with Crippen LogP contribution in [-0.2, 0) is 6.42 Å². The van der Waals surface area contributed by atoms with Gasteiger partial charge in [-0.2, -0.15) is 0 Å². The van der Waals surface area contributed by atoms with Crippen molar-refractivity contribution in [1.82, 2.24) is 10.3 Å². The average Bonchev–Trinajstić information content (AvgIpc) is 2.94. The van der Waals surface area contributed by atoms with Crippen LogP contribution >= 0.6 is 11.3 Å².